The van der Waals surface area contributed by atoms with Gasteiger partial charge in [0.25, 0.3) is 0 Å². The van der Waals surface area contributed by atoms with Crippen LogP contribution in [0.25, 0.3) is 0 Å². The highest BCUT2D eigenvalue weighted by Gasteiger charge is 2.02. The van der Waals surface area contributed by atoms with E-state index in [1.54, 1.807) is 6.07 Å². The van der Waals surface area contributed by atoms with Crippen molar-refractivity contribution in [3.8, 4) is 11.8 Å². The lowest BCUT2D eigenvalue weighted by Crippen LogP contribution is -2.29. The molecular formula is C14H18N2O2. The molecule has 0 saturated heterocycles. The molecule has 1 aromatic carbocycles. The second-order valence-corrected chi connectivity index (χ2v) is 3.87. The normalized spacial score (nSPS) is 9.28. The van der Waals surface area contributed by atoms with Crippen molar-refractivity contribution in [3.63, 3.8) is 0 Å². The Labute approximate surface area is 107 Å². The third-order valence-corrected chi connectivity index (χ3v) is 2.32. The quantitative estimate of drug-likeness (QED) is 0.713. The Bertz CT molecular complexity index is 472. The Hall–Kier alpha value is -1.99. The molecule has 18 heavy (non-hydrogen) atoms. The van der Waals surface area contributed by atoms with Gasteiger partial charge < -0.3 is 15.7 Å². The lowest BCUT2D eigenvalue weighted by Gasteiger charge is -2.08. The van der Waals surface area contributed by atoms with E-state index in [0.29, 0.717) is 6.54 Å². The largest absolute Gasteiger partial charge is 0.384 e. The van der Waals surface area contributed by atoms with Gasteiger partial charge in [0.2, 0.25) is 0 Å². The Balaban J connectivity index is 2.69. The first-order valence-corrected chi connectivity index (χ1v) is 5.92. The Morgan fingerprint density at radius 1 is 1.44 bits per heavy atom. The fraction of sp³-hybridized carbons (Fsp3) is 0.357. The summed E-state index contributed by atoms with van der Waals surface area (Å²) in [7, 11) is 0. The highest BCUT2D eigenvalue weighted by Crippen LogP contribution is 2.14. The Morgan fingerprint density at radius 2 is 2.22 bits per heavy atom. The molecule has 0 spiro atoms. The van der Waals surface area contributed by atoms with Crippen LogP contribution >= 0.6 is 0 Å². The third-order valence-electron chi connectivity index (χ3n) is 2.32. The van der Waals surface area contributed by atoms with Gasteiger partial charge in [-0.05, 0) is 37.1 Å². The van der Waals surface area contributed by atoms with Crippen molar-refractivity contribution >= 4 is 11.7 Å². The number of rotatable bonds is 3. The fourth-order valence-corrected chi connectivity index (χ4v) is 1.43. The number of carbonyl (C=O) groups excluding carboxylic acids is 1. The molecule has 0 aliphatic heterocycles. The lowest BCUT2D eigenvalue weighted by molar-refractivity contribution is 0.252. The highest BCUT2D eigenvalue weighted by atomic mass is 16.2. The predicted molar refractivity (Wildman–Crippen MR) is 72.5 cm³/mol. The van der Waals surface area contributed by atoms with E-state index in [9.17, 15) is 4.79 Å². The molecule has 2 amide bonds. The van der Waals surface area contributed by atoms with Gasteiger partial charge >= 0.3 is 6.03 Å². The van der Waals surface area contributed by atoms with E-state index in [-0.39, 0.29) is 12.6 Å². The summed E-state index contributed by atoms with van der Waals surface area (Å²) in [5, 5.41) is 14.1. The van der Waals surface area contributed by atoms with Crippen LogP contribution in [0, 0.1) is 18.8 Å². The molecule has 0 fully saturated rings. The first kappa shape index (κ1) is 14.1. The van der Waals surface area contributed by atoms with Crippen molar-refractivity contribution in [2.24, 2.45) is 0 Å². The zero-order chi connectivity index (χ0) is 13.4. The van der Waals surface area contributed by atoms with E-state index in [1.165, 1.54) is 0 Å². The Morgan fingerprint density at radius 3 is 2.83 bits per heavy atom. The minimum Gasteiger partial charge on any atom is -0.384 e. The number of urea groups is 1. The maximum Gasteiger partial charge on any atom is 0.319 e. The number of amides is 2. The van der Waals surface area contributed by atoms with Gasteiger partial charge in [0.1, 0.15) is 6.61 Å². The van der Waals surface area contributed by atoms with Crippen molar-refractivity contribution < 1.29 is 9.90 Å². The smallest absolute Gasteiger partial charge is 0.319 e. The van der Waals surface area contributed by atoms with Gasteiger partial charge in [-0.2, -0.15) is 0 Å². The van der Waals surface area contributed by atoms with Crippen LogP contribution in [0.3, 0.4) is 0 Å². The van der Waals surface area contributed by atoms with Gasteiger partial charge in [-0.25, -0.2) is 4.79 Å². The monoisotopic (exact) mass is 246 g/mol. The first-order valence-electron chi connectivity index (χ1n) is 5.92. The van der Waals surface area contributed by atoms with Gasteiger partial charge in [0, 0.05) is 17.8 Å². The number of benzene rings is 1. The van der Waals surface area contributed by atoms with Crippen LogP contribution in [-0.2, 0) is 0 Å². The molecule has 0 unspecified atom stereocenters. The third kappa shape index (κ3) is 4.48. The molecule has 3 N–H and O–H groups in total. The SMILES string of the molecule is CCCNC(=O)Nc1ccc(C#CCO)c(C)c1. The number of aliphatic hydroxyl groups is 1. The van der Waals surface area contributed by atoms with E-state index in [4.69, 9.17) is 5.11 Å². The molecule has 0 aromatic heterocycles. The van der Waals surface area contributed by atoms with Gasteiger partial charge in [-0.1, -0.05) is 18.8 Å². The van der Waals surface area contributed by atoms with Crippen molar-refractivity contribution in [1.29, 1.82) is 0 Å². The fourth-order valence-electron chi connectivity index (χ4n) is 1.43. The number of carbonyl (C=O) groups is 1. The van der Waals surface area contributed by atoms with Crippen molar-refractivity contribution in [1.82, 2.24) is 5.32 Å². The van der Waals surface area contributed by atoms with Crippen LogP contribution in [0.4, 0.5) is 10.5 Å². The standard InChI is InChI=1S/C14H18N2O2/c1-3-8-15-14(18)16-13-7-6-12(5-4-9-17)11(2)10-13/h6-7,10,17H,3,8-9H2,1-2H3,(H2,15,16,18). The molecule has 0 aliphatic rings. The van der Waals surface area contributed by atoms with E-state index < -0.39 is 0 Å². The molecule has 4 nitrogen and oxygen atoms in total. The van der Waals surface area contributed by atoms with Gasteiger partial charge in [0.05, 0.1) is 0 Å². The number of anilines is 1. The van der Waals surface area contributed by atoms with Gasteiger partial charge in [0.15, 0.2) is 0 Å². The minimum absolute atomic E-state index is 0.154. The second-order valence-electron chi connectivity index (χ2n) is 3.87. The molecule has 0 saturated carbocycles. The van der Waals surface area contributed by atoms with Crippen LogP contribution in [0.15, 0.2) is 18.2 Å². The molecule has 0 atom stereocenters. The summed E-state index contributed by atoms with van der Waals surface area (Å²) >= 11 is 0. The summed E-state index contributed by atoms with van der Waals surface area (Å²) in [5.74, 6) is 5.45. The first-order chi connectivity index (χ1) is 8.67. The van der Waals surface area contributed by atoms with E-state index in [0.717, 1.165) is 23.2 Å². The van der Waals surface area contributed by atoms with Crippen LogP contribution in [-0.4, -0.2) is 24.3 Å². The molecule has 0 radical (unpaired) electrons. The van der Waals surface area contributed by atoms with E-state index >= 15 is 0 Å². The van der Waals surface area contributed by atoms with E-state index in [2.05, 4.69) is 22.5 Å². The number of hydrogen-bond donors (Lipinski definition) is 3. The molecule has 1 rings (SSSR count). The zero-order valence-electron chi connectivity index (χ0n) is 10.7. The molecule has 1 aromatic rings. The van der Waals surface area contributed by atoms with Crippen molar-refractivity contribution in [2.45, 2.75) is 20.3 Å². The minimum atomic E-state index is -0.203. The topological polar surface area (TPSA) is 61.4 Å². The summed E-state index contributed by atoms with van der Waals surface area (Å²) in [5.41, 5.74) is 2.54. The van der Waals surface area contributed by atoms with Crippen LogP contribution in [0.5, 0.6) is 0 Å². The maximum atomic E-state index is 11.5. The molecule has 0 bridgehead atoms. The Kier molecular flexibility index (Phi) is 5.75. The summed E-state index contributed by atoms with van der Waals surface area (Å²) in [6.07, 6.45) is 0.905. The zero-order valence-corrected chi connectivity index (χ0v) is 10.7. The summed E-state index contributed by atoms with van der Waals surface area (Å²) in [6, 6.07) is 5.27. The highest BCUT2D eigenvalue weighted by molar-refractivity contribution is 5.89. The molecule has 0 heterocycles. The van der Waals surface area contributed by atoms with Crippen LogP contribution in [0.2, 0.25) is 0 Å². The summed E-state index contributed by atoms with van der Waals surface area (Å²) < 4.78 is 0. The number of aliphatic hydroxyl groups excluding tert-OH is 1. The van der Waals surface area contributed by atoms with Gasteiger partial charge in [-0.15, -0.1) is 0 Å². The summed E-state index contributed by atoms with van der Waals surface area (Å²) in [6.45, 7) is 4.42. The average Bonchev–Trinajstić information content (AvgIpc) is 2.35. The van der Waals surface area contributed by atoms with Crippen molar-refractivity contribution in [2.75, 3.05) is 18.5 Å². The van der Waals surface area contributed by atoms with Crippen LogP contribution in [0.1, 0.15) is 24.5 Å². The van der Waals surface area contributed by atoms with E-state index in [1.807, 2.05) is 26.0 Å². The lowest BCUT2D eigenvalue weighted by atomic mass is 10.1. The molecular weight excluding hydrogens is 228 g/mol. The number of nitrogens with one attached hydrogen (secondary N) is 2. The number of hydrogen-bond acceptors (Lipinski definition) is 2. The molecule has 4 heteroatoms. The molecule has 0 aliphatic carbocycles. The average molecular weight is 246 g/mol. The van der Waals surface area contributed by atoms with Gasteiger partial charge in [-0.3, -0.25) is 0 Å². The predicted octanol–water partition coefficient (Wildman–Crippen LogP) is 1.87. The van der Waals surface area contributed by atoms with Crippen LogP contribution < -0.4 is 10.6 Å². The van der Waals surface area contributed by atoms with Crippen molar-refractivity contribution in [3.05, 3.63) is 29.3 Å². The summed E-state index contributed by atoms with van der Waals surface area (Å²) in [4.78, 5) is 11.5. The maximum absolute atomic E-state index is 11.5. The number of aryl methyl sites for hydroxylation is 1. The molecule has 96 valence electrons. The second kappa shape index (κ2) is 7.36.